The first kappa shape index (κ1) is 14.2. The third-order valence-corrected chi connectivity index (χ3v) is 2.96. The van der Waals surface area contributed by atoms with Crippen LogP contribution in [0.4, 0.5) is 11.5 Å². The van der Waals surface area contributed by atoms with Gasteiger partial charge in [-0.15, -0.1) is 0 Å². The van der Waals surface area contributed by atoms with Crippen molar-refractivity contribution in [3.63, 3.8) is 0 Å². The Hall–Kier alpha value is -2.21. The molecule has 0 aliphatic rings. The number of hydrogen-bond donors (Lipinski definition) is 1. The zero-order chi connectivity index (χ0) is 14.7. The highest BCUT2D eigenvalue weighted by atomic mass is 35.5. The minimum absolute atomic E-state index is 0.0143. The van der Waals surface area contributed by atoms with E-state index in [-0.39, 0.29) is 22.5 Å². The maximum atomic E-state index is 11.1. The average Bonchev–Trinajstić information content (AvgIpc) is 2.36. The summed E-state index contributed by atoms with van der Waals surface area (Å²) in [6.07, 6.45) is 0. The van der Waals surface area contributed by atoms with E-state index in [1.54, 1.807) is 0 Å². The molecule has 104 valence electrons. The standard InChI is InChI=1S/C13H13ClN4O2/c1-8-3-5-10(6-4-8)7-15-12-11(18(19)20)9(2)16-13(14)17-12/h3-6H,7H2,1-2H3,(H,15,16,17). The number of anilines is 1. The van der Waals surface area contributed by atoms with Crippen LogP contribution in [0.15, 0.2) is 24.3 Å². The minimum atomic E-state index is -0.511. The largest absolute Gasteiger partial charge is 0.360 e. The molecule has 2 aromatic rings. The van der Waals surface area contributed by atoms with Crippen LogP contribution in [-0.2, 0) is 6.54 Å². The lowest BCUT2D eigenvalue weighted by molar-refractivity contribution is -0.385. The van der Waals surface area contributed by atoms with Gasteiger partial charge in [-0.1, -0.05) is 29.8 Å². The first-order valence-electron chi connectivity index (χ1n) is 5.95. The van der Waals surface area contributed by atoms with Crippen LogP contribution in [0.3, 0.4) is 0 Å². The summed E-state index contributed by atoms with van der Waals surface area (Å²) in [5, 5.41) is 14.0. The molecule has 2 rings (SSSR count). The molecule has 0 saturated carbocycles. The Morgan fingerprint density at radius 2 is 1.90 bits per heavy atom. The molecular formula is C13H13ClN4O2. The number of rotatable bonds is 4. The average molecular weight is 293 g/mol. The summed E-state index contributed by atoms with van der Waals surface area (Å²) in [4.78, 5) is 18.2. The molecule has 1 N–H and O–H groups in total. The molecule has 0 spiro atoms. The first-order chi connectivity index (χ1) is 9.47. The van der Waals surface area contributed by atoms with E-state index in [2.05, 4.69) is 15.3 Å². The Morgan fingerprint density at radius 3 is 2.50 bits per heavy atom. The molecule has 1 aromatic heterocycles. The van der Waals surface area contributed by atoms with Gasteiger partial charge in [0.25, 0.3) is 0 Å². The van der Waals surface area contributed by atoms with Crippen LogP contribution in [0.25, 0.3) is 0 Å². The molecule has 0 aliphatic heterocycles. The molecule has 20 heavy (non-hydrogen) atoms. The zero-order valence-electron chi connectivity index (χ0n) is 11.1. The van der Waals surface area contributed by atoms with Crippen molar-refractivity contribution >= 4 is 23.1 Å². The number of nitrogens with one attached hydrogen (secondary N) is 1. The maximum absolute atomic E-state index is 11.1. The van der Waals surface area contributed by atoms with Gasteiger partial charge in [0.1, 0.15) is 5.69 Å². The highest BCUT2D eigenvalue weighted by Crippen LogP contribution is 2.26. The number of benzene rings is 1. The Morgan fingerprint density at radius 1 is 1.25 bits per heavy atom. The molecule has 0 amide bonds. The summed E-state index contributed by atoms with van der Waals surface area (Å²) in [5.41, 5.74) is 2.24. The van der Waals surface area contributed by atoms with E-state index in [0.717, 1.165) is 11.1 Å². The topological polar surface area (TPSA) is 81.0 Å². The fourth-order valence-electron chi connectivity index (χ4n) is 1.77. The normalized spacial score (nSPS) is 10.3. The van der Waals surface area contributed by atoms with E-state index in [1.807, 2.05) is 31.2 Å². The van der Waals surface area contributed by atoms with Gasteiger partial charge in [0.2, 0.25) is 11.1 Å². The second-order valence-electron chi connectivity index (χ2n) is 4.37. The van der Waals surface area contributed by atoms with Crippen molar-refractivity contribution in [3.8, 4) is 0 Å². The van der Waals surface area contributed by atoms with E-state index in [4.69, 9.17) is 11.6 Å². The number of aryl methyl sites for hydroxylation is 2. The monoisotopic (exact) mass is 292 g/mol. The lowest BCUT2D eigenvalue weighted by Crippen LogP contribution is -2.07. The van der Waals surface area contributed by atoms with Crippen LogP contribution in [0.1, 0.15) is 16.8 Å². The van der Waals surface area contributed by atoms with Crippen molar-refractivity contribution in [2.45, 2.75) is 20.4 Å². The first-order valence-corrected chi connectivity index (χ1v) is 6.33. The van der Waals surface area contributed by atoms with Gasteiger partial charge in [-0.25, -0.2) is 4.98 Å². The Bertz CT molecular complexity index is 644. The third kappa shape index (κ3) is 3.21. The molecule has 0 radical (unpaired) electrons. The van der Waals surface area contributed by atoms with Gasteiger partial charge in [-0.2, -0.15) is 4.98 Å². The molecule has 0 fully saturated rings. The molecule has 0 unspecified atom stereocenters. The smallest absolute Gasteiger partial charge is 0.332 e. The molecule has 7 heteroatoms. The van der Waals surface area contributed by atoms with E-state index < -0.39 is 4.92 Å². The van der Waals surface area contributed by atoms with Gasteiger partial charge in [0.05, 0.1) is 4.92 Å². The second-order valence-corrected chi connectivity index (χ2v) is 4.71. The van der Waals surface area contributed by atoms with Crippen LogP contribution in [0, 0.1) is 24.0 Å². The molecule has 0 bridgehead atoms. The van der Waals surface area contributed by atoms with Crippen molar-refractivity contribution in [2.24, 2.45) is 0 Å². The van der Waals surface area contributed by atoms with Gasteiger partial charge in [0, 0.05) is 6.54 Å². The van der Waals surface area contributed by atoms with Crippen LogP contribution < -0.4 is 5.32 Å². The lowest BCUT2D eigenvalue weighted by Gasteiger charge is -2.08. The zero-order valence-corrected chi connectivity index (χ0v) is 11.8. The highest BCUT2D eigenvalue weighted by molar-refractivity contribution is 6.28. The summed E-state index contributed by atoms with van der Waals surface area (Å²) >= 11 is 5.74. The third-order valence-electron chi connectivity index (χ3n) is 2.79. The number of aromatic nitrogens is 2. The summed E-state index contributed by atoms with van der Waals surface area (Å²) < 4.78 is 0. The Labute approximate surface area is 121 Å². The molecule has 6 nitrogen and oxygen atoms in total. The van der Waals surface area contributed by atoms with Gasteiger partial charge >= 0.3 is 5.69 Å². The van der Waals surface area contributed by atoms with Crippen LogP contribution >= 0.6 is 11.6 Å². The summed E-state index contributed by atoms with van der Waals surface area (Å²) in [5.74, 6) is 0.132. The summed E-state index contributed by atoms with van der Waals surface area (Å²) in [6, 6.07) is 7.85. The number of nitrogens with zero attached hydrogens (tertiary/aromatic N) is 3. The van der Waals surface area contributed by atoms with E-state index >= 15 is 0 Å². The SMILES string of the molecule is Cc1ccc(CNc2nc(Cl)nc(C)c2[N+](=O)[O-])cc1. The van der Waals surface area contributed by atoms with Crippen molar-refractivity contribution in [1.82, 2.24) is 9.97 Å². The molecule has 1 heterocycles. The number of halogens is 1. The quantitative estimate of drug-likeness (QED) is 0.531. The fourth-order valence-corrected chi connectivity index (χ4v) is 1.98. The predicted octanol–water partition coefficient (Wildman–Crippen LogP) is 3.27. The molecule has 0 atom stereocenters. The fraction of sp³-hybridized carbons (Fsp3) is 0.231. The maximum Gasteiger partial charge on any atom is 0.332 e. The molecule has 0 aliphatic carbocycles. The van der Waals surface area contributed by atoms with E-state index in [0.29, 0.717) is 6.54 Å². The number of nitro groups is 1. The number of hydrogen-bond acceptors (Lipinski definition) is 5. The predicted molar refractivity (Wildman–Crippen MR) is 76.9 cm³/mol. The van der Waals surface area contributed by atoms with Gasteiger partial charge < -0.3 is 5.32 Å². The Balaban J connectivity index is 2.24. The lowest BCUT2D eigenvalue weighted by atomic mass is 10.1. The van der Waals surface area contributed by atoms with Gasteiger partial charge in [-0.3, -0.25) is 10.1 Å². The van der Waals surface area contributed by atoms with Crippen molar-refractivity contribution in [3.05, 3.63) is 56.5 Å². The van der Waals surface area contributed by atoms with Gasteiger partial charge in [-0.05, 0) is 31.0 Å². The van der Waals surface area contributed by atoms with E-state index in [1.165, 1.54) is 6.92 Å². The Kier molecular flexibility index (Phi) is 4.14. The van der Waals surface area contributed by atoms with Crippen molar-refractivity contribution < 1.29 is 4.92 Å². The highest BCUT2D eigenvalue weighted by Gasteiger charge is 2.21. The second kappa shape index (κ2) is 5.83. The molecule has 1 aromatic carbocycles. The minimum Gasteiger partial charge on any atom is -0.360 e. The van der Waals surface area contributed by atoms with Crippen LogP contribution in [0.5, 0.6) is 0 Å². The summed E-state index contributed by atoms with van der Waals surface area (Å²) in [7, 11) is 0. The van der Waals surface area contributed by atoms with Crippen molar-refractivity contribution in [1.29, 1.82) is 0 Å². The summed E-state index contributed by atoms with van der Waals surface area (Å²) in [6.45, 7) is 3.95. The molecular weight excluding hydrogens is 280 g/mol. The molecule has 0 saturated heterocycles. The van der Waals surface area contributed by atoms with Crippen LogP contribution in [0.2, 0.25) is 5.28 Å². The van der Waals surface area contributed by atoms with Crippen molar-refractivity contribution in [2.75, 3.05) is 5.32 Å². The van der Waals surface area contributed by atoms with E-state index in [9.17, 15) is 10.1 Å². The van der Waals surface area contributed by atoms with Gasteiger partial charge in [0.15, 0.2) is 0 Å². The van der Waals surface area contributed by atoms with Crippen LogP contribution in [-0.4, -0.2) is 14.9 Å².